The molecule has 6 heteroatoms. The van der Waals surface area contributed by atoms with Crippen molar-refractivity contribution >= 4 is 23.7 Å². The van der Waals surface area contributed by atoms with Crippen molar-refractivity contribution in [3.8, 4) is 11.1 Å². The SMILES string of the molecule is O=C(O)CN(CCCc1ccc(Cl)cc1)C(=O)OCC1c2ccccc2-c2ccccc21. The molecule has 1 aliphatic rings. The summed E-state index contributed by atoms with van der Waals surface area (Å²) in [5.41, 5.74) is 5.62. The van der Waals surface area contributed by atoms with E-state index in [0.717, 1.165) is 27.8 Å². The number of aliphatic carboxylic acids is 1. The van der Waals surface area contributed by atoms with Crippen LogP contribution in [0.4, 0.5) is 4.79 Å². The van der Waals surface area contributed by atoms with Crippen LogP contribution in [0, 0.1) is 0 Å². The Hall–Kier alpha value is -3.31. The van der Waals surface area contributed by atoms with E-state index in [1.165, 1.54) is 4.90 Å². The molecule has 5 nitrogen and oxygen atoms in total. The molecule has 1 aliphatic carbocycles. The Bertz CT molecular complexity index is 1070. The third-order valence-corrected chi connectivity index (χ3v) is 5.98. The lowest BCUT2D eigenvalue weighted by Crippen LogP contribution is -2.37. The number of carboxylic acids is 1. The van der Waals surface area contributed by atoms with E-state index in [9.17, 15) is 14.7 Å². The summed E-state index contributed by atoms with van der Waals surface area (Å²) in [7, 11) is 0. The predicted octanol–water partition coefficient (Wildman–Crippen LogP) is 5.61. The van der Waals surface area contributed by atoms with Gasteiger partial charge in [0, 0.05) is 17.5 Å². The van der Waals surface area contributed by atoms with Crippen LogP contribution in [0.1, 0.15) is 29.0 Å². The normalized spacial score (nSPS) is 12.2. The van der Waals surface area contributed by atoms with Gasteiger partial charge in [-0.1, -0.05) is 72.3 Å². The molecule has 3 aromatic rings. The molecule has 1 N–H and O–H groups in total. The second kappa shape index (κ2) is 9.88. The Kier molecular flexibility index (Phi) is 6.76. The molecule has 0 unspecified atom stereocenters. The van der Waals surface area contributed by atoms with Crippen LogP contribution in [0.3, 0.4) is 0 Å². The number of benzene rings is 3. The Morgan fingerprint density at radius 2 is 1.50 bits per heavy atom. The Labute approximate surface area is 192 Å². The van der Waals surface area contributed by atoms with Gasteiger partial charge in [0.15, 0.2) is 0 Å². The number of carbonyl (C=O) groups excluding carboxylic acids is 1. The van der Waals surface area contributed by atoms with E-state index in [1.807, 2.05) is 48.5 Å². The van der Waals surface area contributed by atoms with E-state index < -0.39 is 18.6 Å². The van der Waals surface area contributed by atoms with Gasteiger partial charge in [0.25, 0.3) is 0 Å². The molecule has 3 aromatic carbocycles. The molecule has 0 saturated carbocycles. The van der Waals surface area contributed by atoms with Gasteiger partial charge in [-0.2, -0.15) is 0 Å². The predicted molar refractivity (Wildman–Crippen MR) is 124 cm³/mol. The molecule has 32 heavy (non-hydrogen) atoms. The summed E-state index contributed by atoms with van der Waals surface area (Å²) < 4.78 is 5.63. The van der Waals surface area contributed by atoms with E-state index in [1.54, 1.807) is 0 Å². The van der Waals surface area contributed by atoms with Crippen LogP contribution in [-0.4, -0.2) is 41.8 Å². The summed E-state index contributed by atoms with van der Waals surface area (Å²) in [6.07, 6.45) is 0.730. The average molecular weight is 450 g/mol. The summed E-state index contributed by atoms with van der Waals surface area (Å²) in [5, 5.41) is 9.92. The highest BCUT2D eigenvalue weighted by Gasteiger charge is 2.29. The maximum Gasteiger partial charge on any atom is 0.410 e. The summed E-state index contributed by atoms with van der Waals surface area (Å²) in [6.45, 7) is 0.0725. The van der Waals surface area contributed by atoms with Crippen molar-refractivity contribution in [2.24, 2.45) is 0 Å². The summed E-state index contributed by atoms with van der Waals surface area (Å²) in [4.78, 5) is 25.3. The molecule has 0 heterocycles. The number of halogens is 1. The van der Waals surface area contributed by atoms with E-state index in [2.05, 4.69) is 24.3 Å². The van der Waals surface area contributed by atoms with E-state index >= 15 is 0 Å². The van der Waals surface area contributed by atoms with Gasteiger partial charge in [0.2, 0.25) is 0 Å². The van der Waals surface area contributed by atoms with Crippen molar-refractivity contribution in [3.05, 3.63) is 94.5 Å². The van der Waals surface area contributed by atoms with E-state index in [0.29, 0.717) is 24.4 Å². The van der Waals surface area contributed by atoms with Crippen molar-refractivity contribution in [1.82, 2.24) is 4.90 Å². The number of ether oxygens (including phenoxy) is 1. The number of carbonyl (C=O) groups is 2. The maximum absolute atomic E-state index is 12.8. The number of aryl methyl sites for hydroxylation is 1. The smallest absolute Gasteiger partial charge is 0.410 e. The lowest BCUT2D eigenvalue weighted by Gasteiger charge is -2.22. The van der Waals surface area contributed by atoms with Crippen molar-refractivity contribution in [3.63, 3.8) is 0 Å². The minimum Gasteiger partial charge on any atom is -0.480 e. The number of hydrogen-bond donors (Lipinski definition) is 1. The molecule has 0 saturated heterocycles. The first-order valence-corrected chi connectivity index (χ1v) is 11.0. The molecule has 0 fully saturated rings. The summed E-state index contributed by atoms with van der Waals surface area (Å²) in [6, 6.07) is 23.7. The van der Waals surface area contributed by atoms with Crippen molar-refractivity contribution in [1.29, 1.82) is 0 Å². The first kappa shape index (κ1) is 21.9. The van der Waals surface area contributed by atoms with Gasteiger partial charge in [0.05, 0.1) is 0 Å². The second-order valence-electron chi connectivity index (χ2n) is 7.85. The van der Waals surface area contributed by atoms with Gasteiger partial charge in [-0.15, -0.1) is 0 Å². The van der Waals surface area contributed by atoms with E-state index in [-0.39, 0.29) is 12.5 Å². The number of nitrogens with zero attached hydrogens (tertiary/aromatic N) is 1. The lowest BCUT2D eigenvalue weighted by molar-refractivity contribution is -0.138. The quantitative estimate of drug-likeness (QED) is 0.485. The fourth-order valence-electron chi connectivity index (χ4n) is 4.21. The molecule has 164 valence electrons. The van der Waals surface area contributed by atoms with Crippen LogP contribution in [0.15, 0.2) is 72.8 Å². The highest BCUT2D eigenvalue weighted by atomic mass is 35.5. The monoisotopic (exact) mass is 449 g/mol. The zero-order valence-corrected chi connectivity index (χ0v) is 18.3. The lowest BCUT2D eigenvalue weighted by atomic mass is 9.98. The molecule has 1 amide bonds. The highest BCUT2D eigenvalue weighted by molar-refractivity contribution is 6.30. The molecule has 0 radical (unpaired) electrons. The minimum absolute atomic E-state index is 0.0629. The Morgan fingerprint density at radius 3 is 2.09 bits per heavy atom. The molecule has 0 aromatic heterocycles. The first-order chi connectivity index (χ1) is 15.5. The van der Waals surface area contributed by atoms with Crippen molar-refractivity contribution in [2.75, 3.05) is 19.7 Å². The molecular weight excluding hydrogens is 426 g/mol. The van der Waals surface area contributed by atoms with Crippen LogP contribution in [-0.2, 0) is 16.0 Å². The number of rotatable bonds is 8. The zero-order valence-electron chi connectivity index (χ0n) is 17.5. The van der Waals surface area contributed by atoms with Crippen LogP contribution in [0.5, 0.6) is 0 Å². The van der Waals surface area contributed by atoms with Gasteiger partial charge >= 0.3 is 12.1 Å². The number of amides is 1. The number of fused-ring (bicyclic) bond motifs is 3. The largest absolute Gasteiger partial charge is 0.480 e. The van der Waals surface area contributed by atoms with Gasteiger partial charge in [-0.3, -0.25) is 9.69 Å². The summed E-state index contributed by atoms with van der Waals surface area (Å²) in [5.74, 6) is -1.13. The van der Waals surface area contributed by atoms with Crippen LogP contribution >= 0.6 is 11.6 Å². The van der Waals surface area contributed by atoms with Gasteiger partial charge in [-0.05, 0) is 52.8 Å². The van der Waals surface area contributed by atoms with Gasteiger partial charge in [0.1, 0.15) is 13.2 Å². The van der Waals surface area contributed by atoms with Gasteiger partial charge in [-0.25, -0.2) is 4.79 Å². The van der Waals surface area contributed by atoms with Gasteiger partial charge < -0.3 is 9.84 Å². The minimum atomic E-state index is -1.06. The fraction of sp³-hybridized carbons (Fsp3) is 0.231. The van der Waals surface area contributed by atoms with Crippen molar-refractivity contribution < 1.29 is 19.4 Å². The van der Waals surface area contributed by atoms with Crippen LogP contribution in [0.2, 0.25) is 5.02 Å². The standard InChI is InChI=1S/C26H24ClNO4/c27-19-13-11-18(12-14-19)6-5-15-28(16-25(29)30)26(31)32-17-24-22-9-3-1-7-20(22)21-8-2-4-10-23(21)24/h1-4,7-14,24H,5-6,15-17H2,(H,29,30). The molecule has 0 atom stereocenters. The average Bonchev–Trinajstić information content (AvgIpc) is 3.11. The fourth-order valence-corrected chi connectivity index (χ4v) is 4.33. The van der Waals surface area contributed by atoms with Crippen LogP contribution < -0.4 is 0 Å². The highest BCUT2D eigenvalue weighted by Crippen LogP contribution is 2.44. The molecule has 0 aliphatic heterocycles. The third kappa shape index (κ3) is 4.94. The number of carboxylic acid groups (broad SMARTS) is 1. The maximum atomic E-state index is 12.8. The second-order valence-corrected chi connectivity index (χ2v) is 8.29. The topological polar surface area (TPSA) is 66.8 Å². The third-order valence-electron chi connectivity index (χ3n) is 5.73. The zero-order chi connectivity index (χ0) is 22.5. The first-order valence-electron chi connectivity index (χ1n) is 10.6. The molecule has 0 spiro atoms. The number of hydrogen-bond acceptors (Lipinski definition) is 3. The summed E-state index contributed by atoms with van der Waals surface area (Å²) >= 11 is 5.91. The van der Waals surface area contributed by atoms with E-state index in [4.69, 9.17) is 16.3 Å². The van der Waals surface area contributed by atoms with Crippen molar-refractivity contribution in [2.45, 2.75) is 18.8 Å². The van der Waals surface area contributed by atoms with Crippen LogP contribution in [0.25, 0.3) is 11.1 Å². The molecule has 0 bridgehead atoms. The Morgan fingerprint density at radius 1 is 0.906 bits per heavy atom. The Balaban J connectivity index is 1.40. The molecule has 4 rings (SSSR count). The molecular formula is C26H24ClNO4.